The summed E-state index contributed by atoms with van der Waals surface area (Å²) in [6.45, 7) is 4.13. The van der Waals surface area contributed by atoms with Gasteiger partial charge in [0, 0.05) is 7.11 Å². The van der Waals surface area contributed by atoms with Gasteiger partial charge in [-0.2, -0.15) is 0 Å². The number of ether oxygens (including phenoxy) is 2. The van der Waals surface area contributed by atoms with Crippen molar-refractivity contribution < 1.29 is 14.3 Å². The highest BCUT2D eigenvalue weighted by Gasteiger charge is 2.20. The fraction of sp³-hybridized carbons (Fsp3) is 0.462. The van der Waals surface area contributed by atoms with E-state index in [9.17, 15) is 4.79 Å². The molecule has 0 atom stereocenters. The molecular formula is C13H20N2O3. The standard InChI is InChI=1S/C13H20N2O3/c1-13(2,9-17-3)15-12(16)8-18-11-7-5-4-6-10(11)14/h4-7H,8-9,14H2,1-3H3,(H,15,16). The molecule has 0 heterocycles. The van der Waals surface area contributed by atoms with Gasteiger partial charge in [0.25, 0.3) is 5.91 Å². The van der Waals surface area contributed by atoms with Crippen LogP contribution >= 0.6 is 0 Å². The molecule has 0 aromatic heterocycles. The van der Waals surface area contributed by atoms with Gasteiger partial charge in [-0.05, 0) is 26.0 Å². The molecule has 1 aromatic rings. The first-order valence-corrected chi connectivity index (χ1v) is 5.72. The zero-order valence-electron chi connectivity index (χ0n) is 11.0. The molecule has 0 saturated heterocycles. The summed E-state index contributed by atoms with van der Waals surface area (Å²) in [6.07, 6.45) is 0. The van der Waals surface area contributed by atoms with Crippen LogP contribution < -0.4 is 15.8 Å². The van der Waals surface area contributed by atoms with Crippen molar-refractivity contribution in [2.75, 3.05) is 26.1 Å². The minimum Gasteiger partial charge on any atom is -0.482 e. The van der Waals surface area contributed by atoms with Gasteiger partial charge in [0.15, 0.2) is 6.61 Å². The summed E-state index contributed by atoms with van der Waals surface area (Å²) in [5, 5.41) is 2.82. The van der Waals surface area contributed by atoms with E-state index < -0.39 is 5.54 Å². The van der Waals surface area contributed by atoms with E-state index in [4.69, 9.17) is 15.2 Å². The first-order chi connectivity index (χ1) is 8.44. The molecule has 1 rings (SSSR count). The molecule has 18 heavy (non-hydrogen) atoms. The largest absolute Gasteiger partial charge is 0.482 e. The van der Waals surface area contributed by atoms with Crippen molar-refractivity contribution >= 4 is 11.6 Å². The number of rotatable bonds is 6. The van der Waals surface area contributed by atoms with Gasteiger partial charge in [0.05, 0.1) is 17.8 Å². The molecule has 0 saturated carbocycles. The number of nitrogen functional groups attached to an aromatic ring is 1. The topological polar surface area (TPSA) is 73.6 Å². The van der Waals surface area contributed by atoms with Crippen molar-refractivity contribution in [1.82, 2.24) is 5.32 Å². The molecule has 0 aliphatic rings. The lowest BCUT2D eigenvalue weighted by molar-refractivity contribution is -0.125. The van der Waals surface area contributed by atoms with E-state index >= 15 is 0 Å². The van der Waals surface area contributed by atoms with Crippen molar-refractivity contribution in [2.24, 2.45) is 0 Å². The Morgan fingerprint density at radius 1 is 1.39 bits per heavy atom. The first kappa shape index (κ1) is 14.3. The lowest BCUT2D eigenvalue weighted by Gasteiger charge is -2.25. The highest BCUT2D eigenvalue weighted by Crippen LogP contribution is 2.19. The summed E-state index contributed by atoms with van der Waals surface area (Å²) in [7, 11) is 1.59. The quantitative estimate of drug-likeness (QED) is 0.746. The Labute approximate surface area is 107 Å². The van der Waals surface area contributed by atoms with Crippen LogP contribution in [0.1, 0.15) is 13.8 Å². The normalized spacial score (nSPS) is 11.1. The number of hydrogen-bond donors (Lipinski definition) is 2. The Balaban J connectivity index is 2.45. The summed E-state index contributed by atoms with van der Waals surface area (Å²) in [5.41, 5.74) is 5.80. The molecular weight excluding hydrogens is 232 g/mol. The molecule has 1 aromatic carbocycles. The third kappa shape index (κ3) is 4.63. The number of nitrogens with two attached hydrogens (primary N) is 1. The summed E-state index contributed by atoms with van der Waals surface area (Å²) in [6, 6.07) is 7.06. The number of hydrogen-bond acceptors (Lipinski definition) is 4. The van der Waals surface area contributed by atoms with Crippen molar-refractivity contribution in [3.63, 3.8) is 0 Å². The van der Waals surface area contributed by atoms with Crippen LogP contribution in [0.15, 0.2) is 24.3 Å². The maximum atomic E-state index is 11.7. The molecule has 100 valence electrons. The molecule has 0 aliphatic carbocycles. The van der Waals surface area contributed by atoms with Crippen LogP contribution in [0.25, 0.3) is 0 Å². The lowest BCUT2D eigenvalue weighted by Crippen LogP contribution is -2.48. The molecule has 0 spiro atoms. The fourth-order valence-corrected chi connectivity index (χ4v) is 1.57. The number of amides is 1. The van der Waals surface area contributed by atoms with Gasteiger partial charge < -0.3 is 20.5 Å². The zero-order valence-corrected chi connectivity index (χ0v) is 11.0. The smallest absolute Gasteiger partial charge is 0.258 e. The summed E-state index contributed by atoms with van der Waals surface area (Å²) >= 11 is 0. The van der Waals surface area contributed by atoms with Crippen LogP contribution in [0.5, 0.6) is 5.75 Å². The molecule has 5 heteroatoms. The third-order valence-corrected chi connectivity index (χ3v) is 2.26. The van der Waals surface area contributed by atoms with Gasteiger partial charge in [-0.1, -0.05) is 12.1 Å². The monoisotopic (exact) mass is 252 g/mol. The average molecular weight is 252 g/mol. The number of benzene rings is 1. The molecule has 0 bridgehead atoms. The number of methoxy groups -OCH3 is 1. The Morgan fingerprint density at radius 3 is 2.67 bits per heavy atom. The molecule has 0 fully saturated rings. The minimum atomic E-state index is -0.419. The van der Waals surface area contributed by atoms with Crippen LogP contribution in [0.3, 0.4) is 0 Å². The molecule has 3 N–H and O–H groups in total. The summed E-state index contributed by atoms with van der Waals surface area (Å²) in [5.74, 6) is 0.303. The molecule has 5 nitrogen and oxygen atoms in total. The molecule has 0 aliphatic heterocycles. The van der Waals surface area contributed by atoms with E-state index in [0.717, 1.165) is 0 Å². The second-order valence-electron chi connectivity index (χ2n) is 4.69. The maximum Gasteiger partial charge on any atom is 0.258 e. The van der Waals surface area contributed by atoms with E-state index in [1.54, 1.807) is 25.3 Å². The number of anilines is 1. The molecule has 1 amide bonds. The van der Waals surface area contributed by atoms with Crippen LogP contribution in [-0.2, 0) is 9.53 Å². The summed E-state index contributed by atoms with van der Waals surface area (Å²) in [4.78, 5) is 11.7. The van der Waals surface area contributed by atoms with Gasteiger partial charge in [0.2, 0.25) is 0 Å². The first-order valence-electron chi connectivity index (χ1n) is 5.72. The van der Waals surface area contributed by atoms with Crippen molar-refractivity contribution in [3.05, 3.63) is 24.3 Å². The third-order valence-electron chi connectivity index (χ3n) is 2.26. The van der Waals surface area contributed by atoms with Crippen LogP contribution in [0, 0.1) is 0 Å². The number of carbonyl (C=O) groups excluding carboxylic acids is 1. The van der Waals surface area contributed by atoms with Gasteiger partial charge in [-0.3, -0.25) is 4.79 Å². The van der Waals surface area contributed by atoms with Crippen molar-refractivity contribution in [3.8, 4) is 5.75 Å². The van der Waals surface area contributed by atoms with Gasteiger partial charge in [-0.25, -0.2) is 0 Å². The second kappa shape index (κ2) is 6.26. The van der Waals surface area contributed by atoms with E-state index in [0.29, 0.717) is 18.0 Å². The maximum absolute atomic E-state index is 11.7. The Hall–Kier alpha value is -1.75. The number of carbonyl (C=O) groups is 1. The van der Waals surface area contributed by atoms with E-state index in [-0.39, 0.29) is 12.5 Å². The summed E-state index contributed by atoms with van der Waals surface area (Å²) < 4.78 is 10.4. The Morgan fingerprint density at radius 2 is 2.06 bits per heavy atom. The van der Waals surface area contributed by atoms with Crippen LogP contribution in [-0.4, -0.2) is 31.8 Å². The predicted molar refractivity (Wildman–Crippen MR) is 70.4 cm³/mol. The highest BCUT2D eigenvalue weighted by molar-refractivity contribution is 5.78. The van der Waals surface area contributed by atoms with Gasteiger partial charge in [0.1, 0.15) is 5.75 Å². The zero-order chi connectivity index (χ0) is 13.6. The predicted octanol–water partition coefficient (Wildman–Crippen LogP) is 1.19. The van der Waals surface area contributed by atoms with Crippen molar-refractivity contribution in [1.29, 1.82) is 0 Å². The van der Waals surface area contributed by atoms with Crippen molar-refractivity contribution in [2.45, 2.75) is 19.4 Å². The minimum absolute atomic E-state index is 0.0681. The van der Waals surface area contributed by atoms with E-state index in [1.807, 2.05) is 19.9 Å². The SMILES string of the molecule is COCC(C)(C)NC(=O)COc1ccccc1N. The van der Waals surface area contributed by atoms with Gasteiger partial charge >= 0.3 is 0 Å². The highest BCUT2D eigenvalue weighted by atomic mass is 16.5. The fourth-order valence-electron chi connectivity index (χ4n) is 1.57. The average Bonchev–Trinajstić information content (AvgIpc) is 2.27. The number of nitrogens with one attached hydrogen (secondary N) is 1. The lowest BCUT2D eigenvalue weighted by atomic mass is 10.1. The van der Waals surface area contributed by atoms with Gasteiger partial charge in [-0.15, -0.1) is 0 Å². The van der Waals surface area contributed by atoms with E-state index in [1.165, 1.54) is 0 Å². The Bertz CT molecular complexity index is 405. The molecule has 0 unspecified atom stereocenters. The molecule has 0 radical (unpaired) electrons. The van der Waals surface area contributed by atoms with Crippen LogP contribution in [0.2, 0.25) is 0 Å². The second-order valence-corrected chi connectivity index (χ2v) is 4.69. The van der Waals surface area contributed by atoms with Crippen LogP contribution in [0.4, 0.5) is 5.69 Å². The number of para-hydroxylation sites is 2. The van der Waals surface area contributed by atoms with E-state index in [2.05, 4.69) is 5.32 Å². The Kier molecular flexibility index (Phi) is 4.97.